The Kier molecular flexibility index (Phi) is 9.23. The summed E-state index contributed by atoms with van der Waals surface area (Å²) in [4.78, 5) is 16.2. The maximum atomic E-state index is 9.97. The SMILES string of the molecule is O=P(O)(O)OCC(O)CCl.[Na+]. The van der Waals surface area contributed by atoms with Crippen molar-refractivity contribution in [3.8, 4) is 0 Å². The standard InChI is InChI=1S/C3H8ClO5P.Na/c4-1-3(5)2-9-10(6,7)8;/h3,5H,1-2H2,(H2,6,7,8);/q;+1. The fourth-order valence-corrected chi connectivity index (χ4v) is 0.683. The van der Waals surface area contributed by atoms with E-state index in [0.29, 0.717) is 0 Å². The van der Waals surface area contributed by atoms with Gasteiger partial charge in [-0.2, -0.15) is 0 Å². The molecule has 1 unspecified atom stereocenters. The number of halogens is 1. The van der Waals surface area contributed by atoms with Crippen LogP contribution in [0.3, 0.4) is 0 Å². The molecule has 1 atom stereocenters. The second kappa shape index (κ2) is 6.83. The van der Waals surface area contributed by atoms with Gasteiger partial charge in [-0.15, -0.1) is 11.6 Å². The van der Waals surface area contributed by atoms with E-state index in [2.05, 4.69) is 4.52 Å². The molecule has 0 radical (unpaired) electrons. The largest absolute Gasteiger partial charge is 1.00 e. The van der Waals surface area contributed by atoms with Crippen LogP contribution in [-0.4, -0.2) is 33.5 Å². The predicted octanol–water partition coefficient (Wildman–Crippen LogP) is -3.30. The molecule has 5 nitrogen and oxygen atoms in total. The summed E-state index contributed by atoms with van der Waals surface area (Å²) in [7, 11) is -4.45. The average Bonchev–Trinajstić information content (AvgIpc) is 1.81. The van der Waals surface area contributed by atoms with Crippen LogP contribution in [0, 0.1) is 0 Å². The van der Waals surface area contributed by atoms with Gasteiger partial charge in [0.05, 0.1) is 18.6 Å². The van der Waals surface area contributed by atoms with Gasteiger partial charge in [-0.3, -0.25) is 4.52 Å². The summed E-state index contributed by atoms with van der Waals surface area (Å²) in [6, 6.07) is 0. The molecule has 3 N–H and O–H groups in total. The van der Waals surface area contributed by atoms with Crippen molar-refractivity contribution < 1.29 is 53.5 Å². The van der Waals surface area contributed by atoms with Gasteiger partial charge in [0.1, 0.15) is 0 Å². The van der Waals surface area contributed by atoms with Crippen molar-refractivity contribution >= 4 is 19.4 Å². The summed E-state index contributed by atoms with van der Waals surface area (Å²) in [5.41, 5.74) is 0. The summed E-state index contributed by atoms with van der Waals surface area (Å²) in [5, 5.41) is 8.62. The van der Waals surface area contributed by atoms with Crippen LogP contribution >= 0.6 is 19.4 Å². The van der Waals surface area contributed by atoms with Gasteiger partial charge in [-0.1, -0.05) is 0 Å². The zero-order valence-corrected chi connectivity index (χ0v) is 9.63. The van der Waals surface area contributed by atoms with Crippen molar-refractivity contribution in [2.45, 2.75) is 6.10 Å². The van der Waals surface area contributed by atoms with Gasteiger partial charge < -0.3 is 14.9 Å². The van der Waals surface area contributed by atoms with E-state index in [1.54, 1.807) is 0 Å². The number of hydrogen-bond acceptors (Lipinski definition) is 3. The maximum Gasteiger partial charge on any atom is 1.00 e. The minimum atomic E-state index is -4.45. The Bertz CT molecular complexity index is 138. The van der Waals surface area contributed by atoms with Gasteiger partial charge in [-0.05, 0) is 0 Å². The van der Waals surface area contributed by atoms with Gasteiger partial charge in [0.15, 0.2) is 0 Å². The van der Waals surface area contributed by atoms with Crippen molar-refractivity contribution in [2.75, 3.05) is 12.5 Å². The Balaban J connectivity index is 0. The first kappa shape index (κ1) is 14.9. The van der Waals surface area contributed by atoms with Crippen molar-refractivity contribution in [3.63, 3.8) is 0 Å². The minimum absolute atomic E-state index is 0. The Morgan fingerprint density at radius 1 is 1.55 bits per heavy atom. The van der Waals surface area contributed by atoms with E-state index >= 15 is 0 Å². The van der Waals surface area contributed by atoms with E-state index in [1.807, 2.05) is 0 Å². The zero-order chi connectivity index (χ0) is 8.20. The molecule has 0 aliphatic heterocycles. The second-order valence-corrected chi connectivity index (χ2v) is 3.14. The summed E-state index contributed by atoms with van der Waals surface area (Å²) in [5.74, 6) is -0.111. The van der Waals surface area contributed by atoms with Crippen molar-refractivity contribution in [1.29, 1.82) is 0 Å². The molecular weight excluding hydrogens is 205 g/mol. The van der Waals surface area contributed by atoms with Crippen LogP contribution in [0.25, 0.3) is 0 Å². The number of hydrogen-bond donors (Lipinski definition) is 3. The van der Waals surface area contributed by atoms with Crippen LogP contribution in [0.15, 0.2) is 0 Å². The van der Waals surface area contributed by atoms with Crippen LogP contribution in [0.4, 0.5) is 0 Å². The Morgan fingerprint density at radius 2 is 2.00 bits per heavy atom. The van der Waals surface area contributed by atoms with Crippen LogP contribution < -0.4 is 29.6 Å². The number of phosphoric ester groups is 1. The topological polar surface area (TPSA) is 87.0 Å². The molecule has 0 aromatic carbocycles. The number of rotatable bonds is 4. The molecule has 0 saturated carbocycles. The number of aliphatic hydroxyl groups excluding tert-OH is 1. The van der Waals surface area contributed by atoms with E-state index in [4.69, 9.17) is 26.5 Å². The van der Waals surface area contributed by atoms with Crippen LogP contribution in [-0.2, 0) is 9.09 Å². The molecule has 0 heterocycles. The smallest absolute Gasteiger partial charge is 0.389 e. The fraction of sp³-hybridized carbons (Fsp3) is 1.00. The van der Waals surface area contributed by atoms with Crippen LogP contribution in [0.1, 0.15) is 0 Å². The molecule has 0 spiro atoms. The third-order valence-electron chi connectivity index (χ3n) is 0.613. The normalized spacial score (nSPS) is 13.8. The van der Waals surface area contributed by atoms with Gasteiger partial charge in [0.25, 0.3) is 0 Å². The van der Waals surface area contributed by atoms with Crippen LogP contribution in [0.2, 0.25) is 0 Å². The third kappa shape index (κ3) is 11.4. The molecular formula is C3H8ClNaO5P+. The molecule has 62 valence electrons. The van der Waals surface area contributed by atoms with Crippen molar-refractivity contribution in [3.05, 3.63) is 0 Å². The first-order chi connectivity index (χ1) is 4.45. The summed E-state index contributed by atoms with van der Waals surface area (Å²) >= 11 is 5.10. The molecule has 0 aliphatic carbocycles. The Morgan fingerprint density at radius 3 is 2.27 bits per heavy atom. The van der Waals surface area contributed by atoms with E-state index in [9.17, 15) is 4.57 Å². The summed E-state index contributed by atoms with van der Waals surface area (Å²) < 4.78 is 13.9. The second-order valence-electron chi connectivity index (χ2n) is 1.59. The molecule has 8 heteroatoms. The van der Waals surface area contributed by atoms with Crippen LogP contribution in [0.5, 0.6) is 0 Å². The molecule has 11 heavy (non-hydrogen) atoms. The Labute approximate surface area is 91.2 Å². The number of alkyl halides is 1. The predicted molar refractivity (Wildman–Crippen MR) is 34.7 cm³/mol. The average molecular weight is 214 g/mol. The van der Waals surface area contributed by atoms with E-state index in [1.165, 1.54) is 0 Å². The van der Waals surface area contributed by atoms with Crippen molar-refractivity contribution in [1.82, 2.24) is 0 Å². The molecule has 0 aliphatic rings. The monoisotopic (exact) mass is 213 g/mol. The van der Waals surface area contributed by atoms with Gasteiger partial charge >= 0.3 is 37.4 Å². The fourth-order valence-electron chi connectivity index (χ4n) is 0.228. The van der Waals surface area contributed by atoms with Gasteiger partial charge in [-0.25, -0.2) is 4.57 Å². The van der Waals surface area contributed by atoms with E-state index in [-0.39, 0.29) is 35.4 Å². The van der Waals surface area contributed by atoms with Gasteiger partial charge in [0, 0.05) is 0 Å². The molecule has 0 bridgehead atoms. The first-order valence-electron chi connectivity index (χ1n) is 2.40. The van der Waals surface area contributed by atoms with E-state index in [0.717, 1.165) is 0 Å². The summed E-state index contributed by atoms with van der Waals surface area (Å²) in [6.45, 7) is -0.451. The number of aliphatic hydroxyl groups is 1. The summed E-state index contributed by atoms with van der Waals surface area (Å²) in [6.07, 6.45) is -1.03. The molecule has 0 rings (SSSR count). The van der Waals surface area contributed by atoms with E-state index < -0.39 is 20.5 Å². The number of phosphoric acid groups is 1. The molecule has 0 fully saturated rings. The molecule has 0 aromatic rings. The Hall–Kier alpha value is 1.36. The first-order valence-corrected chi connectivity index (χ1v) is 4.46. The van der Waals surface area contributed by atoms with Crippen molar-refractivity contribution in [2.24, 2.45) is 0 Å². The minimum Gasteiger partial charge on any atom is -0.389 e. The third-order valence-corrected chi connectivity index (χ3v) is 1.45. The maximum absolute atomic E-state index is 9.97. The molecule has 0 aromatic heterocycles. The zero-order valence-electron chi connectivity index (χ0n) is 5.97. The van der Waals surface area contributed by atoms with Gasteiger partial charge in [0.2, 0.25) is 0 Å². The molecule has 0 amide bonds. The molecule has 0 saturated heterocycles. The quantitative estimate of drug-likeness (QED) is 0.259.